The van der Waals surface area contributed by atoms with Gasteiger partial charge in [-0.1, -0.05) is 47.2 Å². The van der Waals surface area contributed by atoms with Crippen LogP contribution in [-0.2, 0) is 13.0 Å². The molecule has 2 aromatic rings. The minimum atomic E-state index is -0.228. The highest BCUT2D eigenvalue weighted by molar-refractivity contribution is 9.10. The molecule has 0 aliphatic heterocycles. The molecule has 1 N–H and O–H groups in total. The minimum Gasteiger partial charge on any atom is -0.356 e. The van der Waals surface area contributed by atoms with E-state index in [0.29, 0.717) is 18.0 Å². The van der Waals surface area contributed by atoms with Gasteiger partial charge in [-0.15, -0.1) is 10.2 Å². The molecule has 0 unspecified atom stereocenters. The van der Waals surface area contributed by atoms with Crippen LogP contribution < -0.4 is 5.32 Å². The second kappa shape index (κ2) is 6.43. The average Bonchev–Trinajstić information content (AvgIpc) is 2.74. The third-order valence-corrected chi connectivity index (χ3v) is 3.89. The van der Waals surface area contributed by atoms with Crippen molar-refractivity contribution >= 4 is 32.4 Å². The fourth-order valence-corrected chi connectivity index (χ4v) is 2.87. The Morgan fingerprint density at radius 2 is 2.16 bits per heavy atom. The average molecular weight is 344 g/mol. The molecule has 0 aliphatic carbocycles. The topological polar surface area (TPSA) is 37.8 Å². The highest BCUT2D eigenvalue weighted by Gasteiger charge is 2.07. The first-order valence-electron chi connectivity index (χ1n) is 6.05. The molecular formula is C13H15BrFN3S. The summed E-state index contributed by atoms with van der Waals surface area (Å²) >= 11 is 4.76. The summed E-state index contributed by atoms with van der Waals surface area (Å²) in [6, 6.07) is 5.04. The van der Waals surface area contributed by atoms with Crippen molar-refractivity contribution in [1.82, 2.24) is 10.2 Å². The number of aromatic nitrogens is 2. The van der Waals surface area contributed by atoms with Crippen molar-refractivity contribution in [3.8, 4) is 0 Å². The monoisotopic (exact) mass is 343 g/mol. The van der Waals surface area contributed by atoms with Crippen LogP contribution in [0.25, 0.3) is 0 Å². The molecule has 2 rings (SSSR count). The Bertz CT molecular complexity index is 557. The molecule has 19 heavy (non-hydrogen) atoms. The van der Waals surface area contributed by atoms with Crippen LogP contribution in [0.1, 0.15) is 24.4 Å². The number of nitrogens with one attached hydrogen (secondary N) is 1. The largest absolute Gasteiger partial charge is 0.356 e. The summed E-state index contributed by atoms with van der Waals surface area (Å²) in [6.45, 7) is 4.70. The molecular weight excluding hydrogens is 329 g/mol. The standard InChI is InChI=1S/C13H15BrFN3S/c1-8(2)5-12-17-18-13(19-12)16-7-9-3-4-10(14)6-11(9)15/h3-4,6,8H,5,7H2,1-2H3,(H,16,18). The second-order valence-electron chi connectivity index (χ2n) is 4.69. The number of rotatable bonds is 5. The van der Waals surface area contributed by atoms with E-state index in [1.165, 1.54) is 17.4 Å². The van der Waals surface area contributed by atoms with Gasteiger partial charge in [0.25, 0.3) is 0 Å². The van der Waals surface area contributed by atoms with Crippen molar-refractivity contribution in [2.24, 2.45) is 5.92 Å². The Balaban J connectivity index is 1.96. The van der Waals surface area contributed by atoms with Gasteiger partial charge in [-0.2, -0.15) is 0 Å². The maximum atomic E-state index is 13.6. The van der Waals surface area contributed by atoms with Gasteiger partial charge in [-0.05, 0) is 18.1 Å². The summed E-state index contributed by atoms with van der Waals surface area (Å²) < 4.78 is 14.4. The lowest BCUT2D eigenvalue weighted by Crippen LogP contribution is -2.01. The van der Waals surface area contributed by atoms with Gasteiger partial charge in [-0.25, -0.2) is 4.39 Å². The molecule has 0 bridgehead atoms. The van der Waals surface area contributed by atoms with E-state index in [-0.39, 0.29) is 5.82 Å². The molecule has 0 radical (unpaired) electrons. The number of hydrogen-bond acceptors (Lipinski definition) is 4. The van der Waals surface area contributed by atoms with Gasteiger partial charge < -0.3 is 5.32 Å². The number of nitrogens with zero attached hydrogens (tertiary/aromatic N) is 2. The molecule has 0 fully saturated rings. The van der Waals surface area contributed by atoms with E-state index in [1.807, 2.05) is 6.07 Å². The first-order valence-corrected chi connectivity index (χ1v) is 7.65. The Morgan fingerprint density at radius 3 is 2.84 bits per heavy atom. The summed E-state index contributed by atoms with van der Waals surface area (Å²) in [5.41, 5.74) is 0.615. The van der Waals surface area contributed by atoms with E-state index in [0.717, 1.165) is 21.0 Å². The molecule has 0 aliphatic rings. The van der Waals surface area contributed by atoms with Crippen LogP contribution in [0, 0.1) is 11.7 Å². The lowest BCUT2D eigenvalue weighted by molar-refractivity contribution is 0.612. The highest BCUT2D eigenvalue weighted by atomic mass is 79.9. The molecule has 1 heterocycles. The molecule has 1 aromatic carbocycles. The van der Waals surface area contributed by atoms with Gasteiger partial charge in [0.05, 0.1) is 0 Å². The van der Waals surface area contributed by atoms with E-state index >= 15 is 0 Å². The molecule has 0 saturated carbocycles. The van der Waals surface area contributed by atoms with Gasteiger partial charge in [0, 0.05) is 23.0 Å². The smallest absolute Gasteiger partial charge is 0.205 e. The quantitative estimate of drug-likeness (QED) is 0.881. The van der Waals surface area contributed by atoms with Crippen molar-refractivity contribution in [1.29, 1.82) is 0 Å². The fraction of sp³-hybridized carbons (Fsp3) is 0.385. The molecule has 0 spiro atoms. The molecule has 0 atom stereocenters. The fourth-order valence-electron chi connectivity index (χ4n) is 1.59. The summed E-state index contributed by atoms with van der Waals surface area (Å²) in [5.74, 6) is 0.332. The van der Waals surface area contributed by atoms with Crippen LogP contribution in [0.15, 0.2) is 22.7 Å². The molecule has 0 saturated heterocycles. The van der Waals surface area contributed by atoms with Crippen molar-refractivity contribution in [3.05, 3.63) is 39.1 Å². The second-order valence-corrected chi connectivity index (χ2v) is 6.67. The lowest BCUT2D eigenvalue weighted by Gasteiger charge is -2.04. The first-order chi connectivity index (χ1) is 9.04. The summed E-state index contributed by atoms with van der Waals surface area (Å²) in [6.07, 6.45) is 0.923. The summed E-state index contributed by atoms with van der Waals surface area (Å²) in [7, 11) is 0. The van der Waals surface area contributed by atoms with Crippen LogP contribution in [0.2, 0.25) is 0 Å². The lowest BCUT2D eigenvalue weighted by atomic mass is 10.1. The third-order valence-electron chi connectivity index (χ3n) is 2.49. The van der Waals surface area contributed by atoms with Gasteiger partial charge >= 0.3 is 0 Å². The normalized spacial score (nSPS) is 11.0. The first kappa shape index (κ1) is 14.4. The SMILES string of the molecule is CC(C)Cc1nnc(NCc2ccc(Br)cc2F)s1. The van der Waals surface area contributed by atoms with Crippen LogP contribution in [0.3, 0.4) is 0 Å². The van der Waals surface area contributed by atoms with Gasteiger partial charge in [-0.3, -0.25) is 0 Å². The van der Waals surface area contributed by atoms with Crippen LogP contribution >= 0.6 is 27.3 Å². The summed E-state index contributed by atoms with van der Waals surface area (Å²) in [4.78, 5) is 0. The predicted molar refractivity (Wildman–Crippen MR) is 79.9 cm³/mol. The molecule has 0 amide bonds. The Hall–Kier alpha value is -1.01. The van der Waals surface area contributed by atoms with Crippen molar-refractivity contribution < 1.29 is 4.39 Å². The number of benzene rings is 1. The van der Waals surface area contributed by atoms with Gasteiger partial charge in [0.15, 0.2) is 0 Å². The maximum absolute atomic E-state index is 13.6. The van der Waals surface area contributed by atoms with Crippen molar-refractivity contribution in [2.45, 2.75) is 26.8 Å². The maximum Gasteiger partial charge on any atom is 0.205 e. The molecule has 3 nitrogen and oxygen atoms in total. The zero-order valence-corrected chi connectivity index (χ0v) is 13.2. The van der Waals surface area contributed by atoms with Crippen molar-refractivity contribution in [2.75, 3.05) is 5.32 Å². The van der Waals surface area contributed by atoms with E-state index in [2.05, 4.69) is 45.3 Å². The van der Waals surface area contributed by atoms with E-state index in [9.17, 15) is 4.39 Å². The Labute approximate surface area is 124 Å². The zero-order chi connectivity index (χ0) is 13.8. The molecule has 102 valence electrons. The minimum absolute atomic E-state index is 0.228. The van der Waals surface area contributed by atoms with Crippen LogP contribution in [-0.4, -0.2) is 10.2 Å². The van der Waals surface area contributed by atoms with Gasteiger partial charge in [0.1, 0.15) is 10.8 Å². The number of halogens is 2. The summed E-state index contributed by atoms with van der Waals surface area (Å²) in [5, 5.41) is 13.0. The van der Waals surface area contributed by atoms with Crippen LogP contribution in [0.4, 0.5) is 9.52 Å². The number of hydrogen-bond donors (Lipinski definition) is 1. The highest BCUT2D eigenvalue weighted by Crippen LogP contribution is 2.20. The zero-order valence-electron chi connectivity index (χ0n) is 10.8. The Kier molecular flexibility index (Phi) is 4.87. The molecule has 6 heteroatoms. The van der Waals surface area contributed by atoms with Crippen molar-refractivity contribution in [3.63, 3.8) is 0 Å². The van der Waals surface area contributed by atoms with Gasteiger partial charge in [0.2, 0.25) is 5.13 Å². The third kappa shape index (κ3) is 4.24. The Morgan fingerprint density at radius 1 is 1.37 bits per heavy atom. The van der Waals surface area contributed by atoms with E-state index in [1.54, 1.807) is 6.07 Å². The van der Waals surface area contributed by atoms with E-state index in [4.69, 9.17) is 0 Å². The van der Waals surface area contributed by atoms with Crippen LogP contribution in [0.5, 0.6) is 0 Å². The predicted octanol–water partition coefficient (Wildman–Crippen LogP) is 4.25. The van der Waals surface area contributed by atoms with E-state index < -0.39 is 0 Å². The molecule has 1 aromatic heterocycles. The number of anilines is 1.